The highest BCUT2D eigenvalue weighted by molar-refractivity contribution is 5.76. The molecule has 6 nitrogen and oxygen atoms in total. The van der Waals surface area contributed by atoms with E-state index in [4.69, 9.17) is 9.84 Å². The Morgan fingerprint density at radius 3 is 2.72 bits per heavy atom. The van der Waals surface area contributed by atoms with E-state index in [0.29, 0.717) is 12.5 Å². The molecule has 0 radical (unpaired) electrons. The van der Waals surface area contributed by atoms with Gasteiger partial charge in [0.25, 0.3) is 0 Å². The molecule has 0 aromatic heterocycles. The predicted octanol–water partition coefficient (Wildman–Crippen LogP) is 0.716. The summed E-state index contributed by atoms with van der Waals surface area (Å²) in [5.74, 6) is -0.322. The van der Waals surface area contributed by atoms with Gasteiger partial charge < -0.3 is 20.5 Å². The summed E-state index contributed by atoms with van der Waals surface area (Å²) in [5.41, 5.74) is 0. The first-order valence-corrected chi connectivity index (χ1v) is 6.46. The minimum absolute atomic E-state index is 0.0644. The summed E-state index contributed by atoms with van der Waals surface area (Å²) in [6.07, 6.45) is 3.27. The lowest BCUT2D eigenvalue weighted by molar-refractivity contribution is -0.137. The zero-order chi connectivity index (χ0) is 13.1. The molecule has 0 bridgehead atoms. The molecule has 1 saturated heterocycles. The van der Waals surface area contributed by atoms with Crippen LogP contribution >= 0.6 is 0 Å². The van der Waals surface area contributed by atoms with Crippen LogP contribution in [0.5, 0.6) is 0 Å². The second-order valence-electron chi connectivity index (χ2n) is 5.18. The van der Waals surface area contributed by atoms with Crippen molar-refractivity contribution in [2.45, 2.75) is 50.8 Å². The molecule has 0 aromatic carbocycles. The summed E-state index contributed by atoms with van der Waals surface area (Å²) in [5, 5.41) is 14.1. The molecule has 2 amide bonds. The zero-order valence-electron chi connectivity index (χ0n) is 10.5. The molecular formula is C12H20N2O4. The Morgan fingerprint density at radius 2 is 2.11 bits per heavy atom. The highest BCUT2D eigenvalue weighted by Crippen LogP contribution is 2.38. The third-order valence-corrected chi connectivity index (χ3v) is 3.40. The molecule has 3 unspecified atom stereocenters. The van der Waals surface area contributed by atoms with Crippen LogP contribution in [0, 0.1) is 5.92 Å². The van der Waals surface area contributed by atoms with Gasteiger partial charge in [0.2, 0.25) is 0 Å². The van der Waals surface area contributed by atoms with Crippen LogP contribution in [0.1, 0.15) is 32.6 Å². The summed E-state index contributed by atoms with van der Waals surface area (Å²) in [6.45, 7) is 2.37. The number of hydrogen-bond donors (Lipinski definition) is 3. The standard InChI is InChI=1S/C12H20N2O4/c1-7(6-10(15)16)13-12(17)14-9-4-5-18-11(9)8-2-3-8/h7-9,11H,2-6H2,1H3,(H,15,16)(H2,13,14,17). The molecule has 1 saturated carbocycles. The number of carbonyl (C=O) groups is 2. The number of carbonyl (C=O) groups excluding carboxylic acids is 1. The smallest absolute Gasteiger partial charge is 0.315 e. The largest absolute Gasteiger partial charge is 0.481 e. The average molecular weight is 256 g/mol. The number of nitrogens with one attached hydrogen (secondary N) is 2. The highest BCUT2D eigenvalue weighted by Gasteiger charge is 2.41. The number of amides is 2. The van der Waals surface area contributed by atoms with E-state index in [0.717, 1.165) is 6.42 Å². The normalized spacial score (nSPS) is 28.7. The minimum Gasteiger partial charge on any atom is -0.481 e. The predicted molar refractivity (Wildman–Crippen MR) is 64.3 cm³/mol. The molecule has 1 heterocycles. The van der Waals surface area contributed by atoms with Crippen LogP contribution in [0.3, 0.4) is 0 Å². The van der Waals surface area contributed by atoms with Crippen molar-refractivity contribution >= 4 is 12.0 Å². The van der Waals surface area contributed by atoms with Crippen LogP contribution in [0.4, 0.5) is 4.79 Å². The zero-order valence-corrected chi connectivity index (χ0v) is 10.5. The van der Waals surface area contributed by atoms with Crippen molar-refractivity contribution in [1.29, 1.82) is 0 Å². The summed E-state index contributed by atoms with van der Waals surface area (Å²) >= 11 is 0. The van der Waals surface area contributed by atoms with E-state index >= 15 is 0 Å². The number of rotatable bonds is 5. The molecule has 3 atom stereocenters. The van der Waals surface area contributed by atoms with Crippen LogP contribution in [-0.4, -0.2) is 41.9 Å². The summed E-state index contributed by atoms with van der Waals surface area (Å²) in [7, 11) is 0. The number of carboxylic acids is 1. The molecule has 0 aromatic rings. The van der Waals surface area contributed by atoms with Crippen LogP contribution < -0.4 is 10.6 Å². The van der Waals surface area contributed by atoms with E-state index in [1.54, 1.807) is 6.92 Å². The Hall–Kier alpha value is -1.30. The van der Waals surface area contributed by atoms with E-state index in [2.05, 4.69) is 10.6 Å². The van der Waals surface area contributed by atoms with Gasteiger partial charge in [-0.25, -0.2) is 4.79 Å². The van der Waals surface area contributed by atoms with Gasteiger partial charge in [-0.2, -0.15) is 0 Å². The second-order valence-corrected chi connectivity index (χ2v) is 5.18. The van der Waals surface area contributed by atoms with E-state index in [9.17, 15) is 9.59 Å². The Kier molecular flexibility index (Phi) is 4.06. The molecule has 6 heteroatoms. The van der Waals surface area contributed by atoms with E-state index in [1.807, 2.05) is 0 Å². The molecule has 2 aliphatic rings. The fraction of sp³-hybridized carbons (Fsp3) is 0.833. The maximum atomic E-state index is 11.7. The molecule has 2 rings (SSSR count). The summed E-state index contributed by atoms with van der Waals surface area (Å²) < 4.78 is 5.62. The van der Waals surface area contributed by atoms with Crippen molar-refractivity contribution in [3.8, 4) is 0 Å². The quantitative estimate of drug-likeness (QED) is 0.676. The van der Waals surface area contributed by atoms with E-state index < -0.39 is 5.97 Å². The fourth-order valence-electron chi connectivity index (χ4n) is 2.40. The lowest BCUT2D eigenvalue weighted by Crippen LogP contribution is -2.48. The van der Waals surface area contributed by atoms with Crippen molar-refractivity contribution in [3.63, 3.8) is 0 Å². The lowest BCUT2D eigenvalue weighted by Gasteiger charge is -2.21. The molecule has 0 spiro atoms. The second kappa shape index (κ2) is 5.56. The van der Waals surface area contributed by atoms with Crippen LogP contribution in [0.2, 0.25) is 0 Å². The monoisotopic (exact) mass is 256 g/mol. The van der Waals surface area contributed by atoms with Gasteiger partial charge in [-0.1, -0.05) is 0 Å². The highest BCUT2D eigenvalue weighted by atomic mass is 16.5. The maximum absolute atomic E-state index is 11.7. The van der Waals surface area contributed by atoms with Crippen molar-refractivity contribution in [2.75, 3.05) is 6.61 Å². The molecule has 18 heavy (non-hydrogen) atoms. The van der Waals surface area contributed by atoms with Crippen molar-refractivity contribution < 1.29 is 19.4 Å². The van der Waals surface area contributed by atoms with Gasteiger partial charge >= 0.3 is 12.0 Å². The summed E-state index contributed by atoms with van der Waals surface area (Å²) in [4.78, 5) is 22.2. The van der Waals surface area contributed by atoms with Crippen molar-refractivity contribution in [1.82, 2.24) is 10.6 Å². The Balaban J connectivity index is 1.74. The Bertz CT molecular complexity index is 330. The minimum atomic E-state index is -0.914. The molecule has 1 aliphatic heterocycles. The first-order chi connectivity index (χ1) is 8.56. The van der Waals surface area contributed by atoms with Gasteiger partial charge in [-0.3, -0.25) is 4.79 Å². The molecule has 1 aliphatic carbocycles. The SMILES string of the molecule is CC(CC(=O)O)NC(=O)NC1CCOC1C1CC1. The number of urea groups is 1. The van der Waals surface area contributed by atoms with Gasteiger partial charge in [0.05, 0.1) is 18.6 Å². The molecule has 102 valence electrons. The third-order valence-electron chi connectivity index (χ3n) is 3.40. The van der Waals surface area contributed by atoms with Crippen LogP contribution in [-0.2, 0) is 9.53 Å². The topological polar surface area (TPSA) is 87.7 Å². The number of carboxylic acid groups (broad SMARTS) is 1. The lowest BCUT2D eigenvalue weighted by atomic mass is 10.1. The van der Waals surface area contributed by atoms with Gasteiger partial charge in [-0.15, -0.1) is 0 Å². The first-order valence-electron chi connectivity index (χ1n) is 6.46. The van der Waals surface area contributed by atoms with Crippen molar-refractivity contribution in [3.05, 3.63) is 0 Å². The van der Waals surface area contributed by atoms with Crippen LogP contribution in [0.25, 0.3) is 0 Å². The number of ether oxygens (including phenoxy) is 1. The van der Waals surface area contributed by atoms with Gasteiger partial charge in [0, 0.05) is 12.6 Å². The third kappa shape index (κ3) is 3.60. The Morgan fingerprint density at radius 1 is 1.39 bits per heavy atom. The molecule has 3 N–H and O–H groups in total. The number of aliphatic carboxylic acids is 1. The maximum Gasteiger partial charge on any atom is 0.315 e. The number of hydrogen-bond acceptors (Lipinski definition) is 3. The fourth-order valence-corrected chi connectivity index (χ4v) is 2.40. The van der Waals surface area contributed by atoms with Gasteiger partial charge in [0.15, 0.2) is 0 Å². The first kappa shape index (κ1) is 13.1. The average Bonchev–Trinajstić information content (AvgIpc) is 2.99. The Labute approximate surface area is 106 Å². The van der Waals surface area contributed by atoms with E-state index in [-0.39, 0.29) is 30.6 Å². The summed E-state index contributed by atoms with van der Waals surface area (Å²) in [6, 6.07) is -0.608. The van der Waals surface area contributed by atoms with E-state index in [1.165, 1.54) is 12.8 Å². The van der Waals surface area contributed by atoms with Crippen molar-refractivity contribution in [2.24, 2.45) is 5.92 Å². The molecule has 2 fully saturated rings. The van der Waals surface area contributed by atoms with Gasteiger partial charge in [-0.05, 0) is 32.1 Å². The molecular weight excluding hydrogens is 236 g/mol. The van der Waals surface area contributed by atoms with Gasteiger partial charge in [0.1, 0.15) is 0 Å². The van der Waals surface area contributed by atoms with Crippen LogP contribution in [0.15, 0.2) is 0 Å².